The second-order valence-electron chi connectivity index (χ2n) is 5.58. The van der Waals surface area contributed by atoms with Gasteiger partial charge in [-0.2, -0.15) is 10.2 Å². The highest BCUT2D eigenvalue weighted by Gasteiger charge is 2.20. The summed E-state index contributed by atoms with van der Waals surface area (Å²) in [4.78, 5) is 0. The summed E-state index contributed by atoms with van der Waals surface area (Å²) in [5.41, 5.74) is 11.2. The summed E-state index contributed by atoms with van der Waals surface area (Å²) in [5, 5.41) is 12.8. The lowest BCUT2D eigenvalue weighted by Crippen LogP contribution is -2.02. The topological polar surface area (TPSA) is 72.5 Å². The van der Waals surface area contributed by atoms with E-state index in [0.717, 1.165) is 22.4 Å². The third-order valence-electron chi connectivity index (χ3n) is 3.57. The van der Waals surface area contributed by atoms with Gasteiger partial charge in [0.2, 0.25) is 0 Å². The minimum absolute atomic E-state index is 0.296. The molecule has 0 aliphatic rings. The van der Waals surface area contributed by atoms with Crippen molar-refractivity contribution >= 4 is 16.9 Å². The van der Waals surface area contributed by atoms with Gasteiger partial charge in [0.1, 0.15) is 5.82 Å². The molecule has 0 aliphatic heterocycles. The number of rotatable bonds is 2. The van der Waals surface area contributed by atoms with Crippen LogP contribution in [0.4, 0.5) is 5.82 Å². The summed E-state index contributed by atoms with van der Waals surface area (Å²) in [6.07, 6.45) is 0. The molecule has 5 heteroatoms. The fourth-order valence-corrected chi connectivity index (χ4v) is 2.57. The number of nitrogen functional groups attached to an aromatic ring is 1. The van der Waals surface area contributed by atoms with Crippen molar-refractivity contribution in [1.82, 2.24) is 20.0 Å². The van der Waals surface area contributed by atoms with Crippen LogP contribution >= 0.6 is 0 Å². The summed E-state index contributed by atoms with van der Waals surface area (Å²) in [5.74, 6) is 0.879. The number of nitrogens with two attached hydrogens (primary N) is 1. The summed E-state index contributed by atoms with van der Waals surface area (Å²) in [6, 6.07) is 6.31. The average molecular weight is 269 g/mol. The van der Waals surface area contributed by atoms with Crippen molar-refractivity contribution in [2.75, 3.05) is 5.73 Å². The number of hydrogen-bond donors (Lipinski definition) is 2. The summed E-state index contributed by atoms with van der Waals surface area (Å²) >= 11 is 0. The summed E-state index contributed by atoms with van der Waals surface area (Å²) in [7, 11) is 0. The van der Waals surface area contributed by atoms with Crippen molar-refractivity contribution in [1.29, 1.82) is 0 Å². The number of aromatic amines is 1. The molecule has 0 amide bonds. The zero-order valence-corrected chi connectivity index (χ0v) is 12.2. The van der Waals surface area contributed by atoms with Crippen LogP contribution in [0.25, 0.3) is 16.7 Å². The Kier molecular flexibility index (Phi) is 2.78. The highest BCUT2D eigenvalue weighted by atomic mass is 15.4. The molecule has 0 saturated carbocycles. The van der Waals surface area contributed by atoms with Gasteiger partial charge in [0, 0.05) is 0 Å². The molecule has 0 aliphatic carbocycles. The fourth-order valence-electron chi connectivity index (χ4n) is 2.57. The molecule has 0 atom stereocenters. The van der Waals surface area contributed by atoms with Gasteiger partial charge in [-0.25, -0.2) is 4.68 Å². The maximum Gasteiger partial charge on any atom is 0.186 e. The lowest BCUT2D eigenvalue weighted by molar-refractivity contribution is 0.770. The Hall–Kier alpha value is -2.30. The van der Waals surface area contributed by atoms with Crippen molar-refractivity contribution in [3.8, 4) is 5.69 Å². The van der Waals surface area contributed by atoms with Crippen LogP contribution in [0.2, 0.25) is 0 Å². The van der Waals surface area contributed by atoms with Crippen molar-refractivity contribution in [3.63, 3.8) is 0 Å². The third kappa shape index (κ3) is 1.78. The Labute approximate surface area is 117 Å². The minimum atomic E-state index is 0.296. The summed E-state index contributed by atoms with van der Waals surface area (Å²) in [6.45, 7) is 8.39. The molecule has 0 unspecified atom stereocenters. The predicted octanol–water partition coefficient (Wildman–Crippen LogP) is 3.07. The first-order valence-electron chi connectivity index (χ1n) is 6.79. The molecule has 0 fully saturated rings. The van der Waals surface area contributed by atoms with Gasteiger partial charge < -0.3 is 5.73 Å². The number of aryl methyl sites for hydroxylation is 2. The van der Waals surface area contributed by atoms with Gasteiger partial charge in [-0.1, -0.05) is 31.5 Å². The van der Waals surface area contributed by atoms with Crippen molar-refractivity contribution in [2.45, 2.75) is 33.6 Å². The van der Waals surface area contributed by atoms with Crippen molar-refractivity contribution < 1.29 is 0 Å². The zero-order valence-electron chi connectivity index (χ0n) is 12.2. The van der Waals surface area contributed by atoms with Gasteiger partial charge in [0.15, 0.2) is 5.65 Å². The number of anilines is 1. The Balaban J connectivity index is 2.31. The SMILES string of the molecule is Cc1ccc(-n2nc(C(C)C)c3c(N)[nH]nc32)c(C)c1. The van der Waals surface area contributed by atoms with Gasteiger partial charge in [-0.05, 0) is 31.4 Å². The van der Waals surface area contributed by atoms with E-state index in [1.807, 2.05) is 4.68 Å². The second-order valence-corrected chi connectivity index (χ2v) is 5.58. The molecule has 3 N–H and O–H groups in total. The van der Waals surface area contributed by atoms with E-state index in [1.165, 1.54) is 11.1 Å². The van der Waals surface area contributed by atoms with Crippen LogP contribution < -0.4 is 5.73 Å². The van der Waals surface area contributed by atoms with E-state index < -0.39 is 0 Å². The van der Waals surface area contributed by atoms with Crippen LogP contribution in [-0.4, -0.2) is 20.0 Å². The Morgan fingerprint density at radius 3 is 2.65 bits per heavy atom. The smallest absolute Gasteiger partial charge is 0.186 e. The first-order valence-corrected chi connectivity index (χ1v) is 6.79. The van der Waals surface area contributed by atoms with Crippen LogP contribution in [-0.2, 0) is 0 Å². The van der Waals surface area contributed by atoms with E-state index in [1.54, 1.807) is 0 Å². The third-order valence-corrected chi connectivity index (χ3v) is 3.57. The van der Waals surface area contributed by atoms with Crippen molar-refractivity contribution in [3.05, 3.63) is 35.0 Å². The van der Waals surface area contributed by atoms with E-state index in [0.29, 0.717) is 11.7 Å². The molecular weight excluding hydrogens is 250 g/mol. The quantitative estimate of drug-likeness (QED) is 0.751. The number of fused-ring (bicyclic) bond motifs is 1. The standard InChI is InChI=1S/C15H19N5/c1-8(2)13-12-14(16)17-18-15(12)20(19-13)11-6-5-9(3)7-10(11)4/h5-8H,1-4H3,(H3,16,17,18). The molecule has 1 aromatic carbocycles. The Morgan fingerprint density at radius 1 is 1.25 bits per heavy atom. The average Bonchev–Trinajstić information content (AvgIpc) is 2.91. The molecule has 0 bridgehead atoms. The molecule has 3 aromatic rings. The number of hydrogen-bond acceptors (Lipinski definition) is 3. The molecular formula is C15H19N5. The maximum atomic E-state index is 6.00. The molecule has 20 heavy (non-hydrogen) atoms. The van der Waals surface area contributed by atoms with Crippen LogP contribution in [0, 0.1) is 13.8 Å². The molecule has 0 radical (unpaired) electrons. The van der Waals surface area contributed by atoms with Crippen LogP contribution in [0.15, 0.2) is 18.2 Å². The molecule has 2 aromatic heterocycles. The minimum Gasteiger partial charge on any atom is -0.383 e. The lowest BCUT2D eigenvalue weighted by atomic mass is 10.1. The number of nitrogens with zero attached hydrogens (tertiary/aromatic N) is 3. The van der Waals surface area contributed by atoms with E-state index in [9.17, 15) is 0 Å². The second kappa shape index (κ2) is 4.37. The molecule has 3 rings (SSSR count). The predicted molar refractivity (Wildman–Crippen MR) is 81.2 cm³/mol. The summed E-state index contributed by atoms with van der Waals surface area (Å²) < 4.78 is 1.88. The van der Waals surface area contributed by atoms with Crippen molar-refractivity contribution in [2.24, 2.45) is 0 Å². The van der Waals surface area contributed by atoms with Gasteiger partial charge in [0.25, 0.3) is 0 Å². The highest BCUT2D eigenvalue weighted by molar-refractivity contribution is 5.90. The van der Waals surface area contributed by atoms with Gasteiger partial charge in [-0.15, -0.1) is 0 Å². The number of benzene rings is 1. The number of aromatic nitrogens is 4. The number of nitrogens with one attached hydrogen (secondary N) is 1. The largest absolute Gasteiger partial charge is 0.383 e. The fraction of sp³-hybridized carbons (Fsp3) is 0.333. The van der Waals surface area contributed by atoms with E-state index in [4.69, 9.17) is 10.8 Å². The molecule has 5 nitrogen and oxygen atoms in total. The Bertz CT molecular complexity index is 779. The van der Waals surface area contributed by atoms with Gasteiger partial charge >= 0.3 is 0 Å². The van der Waals surface area contributed by atoms with Crippen LogP contribution in [0.3, 0.4) is 0 Å². The first kappa shape index (κ1) is 12.7. The molecule has 104 valence electrons. The van der Waals surface area contributed by atoms with E-state index in [2.05, 4.69) is 56.1 Å². The first-order chi connectivity index (χ1) is 9.49. The molecule has 0 saturated heterocycles. The van der Waals surface area contributed by atoms with Crippen LogP contribution in [0.1, 0.15) is 36.6 Å². The maximum absolute atomic E-state index is 6.00. The number of H-pyrrole nitrogens is 1. The normalized spacial score (nSPS) is 11.7. The van der Waals surface area contributed by atoms with E-state index in [-0.39, 0.29) is 0 Å². The molecule has 0 spiro atoms. The van der Waals surface area contributed by atoms with Crippen LogP contribution in [0.5, 0.6) is 0 Å². The highest BCUT2D eigenvalue weighted by Crippen LogP contribution is 2.30. The van der Waals surface area contributed by atoms with Gasteiger partial charge in [0.05, 0.1) is 16.8 Å². The van der Waals surface area contributed by atoms with E-state index >= 15 is 0 Å². The monoisotopic (exact) mass is 269 g/mol. The molecule has 2 heterocycles. The lowest BCUT2D eigenvalue weighted by Gasteiger charge is -2.07. The Morgan fingerprint density at radius 2 is 2.00 bits per heavy atom. The zero-order chi connectivity index (χ0) is 14.4. The van der Waals surface area contributed by atoms with Gasteiger partial charge in [-0.3, -0.25) is 5.10 Å².